The van der Waals surface area contributed by atoms with Crippen LogP contribution in [-0.4, -0.2) is 37.5 Å². The number of thioether (sulfide) groups is 1. The zero-order valence-electron chi connectivity index (χ0n) is 11.4. The van der Waals surface area contributed by atoms with Crippen molar-refractivity contribution in [2.45, 2.75) is 11.6 Å². The van der Waals surface area contributed by atoms with Crippen LogP contribution in [0.4, 0.5) is 0 Å². The van der Waals surface area contributed by atoms with Crippen molar-refractivity contribution in [3.63, 3.8) is 0 Å². The van der Waals surface area contributed by atoms with E-state index in [4.69, 9.17) is 0 Å². The molecule has 0 saturated heterocycles. The summed E-state index contributed by atoms with van der Waals surface area (Å²) in [5.41, 5.74) is 2.32. The van der Waals surface area contributed by atoms with Gasteiger partial charge in [0.2, 0.25) is 0 Å². The zero-order chi connectivity index (χ0) is 14.3. The van der Waals surface area contributed by atoms with Crippen molar-refractivity contribution in [3.8, 4) is 5.69 Å². The fourth-order valence-corrected chi connectivity index (χ4v) is 2.64. The maximum absolute atomic E-state index is 4.24. The summed E-state index contributed by atoms with van der Waals surface area (Å²) in [4.78, 5) is 0. The second-order valence-electron chi connectivity index (χ2n) is 4.45. The molecule has 0 aliphatic heterocycles. The Hall–Kier alpha value is -2.12. The first kappa shape index (κ1) is 13.8. The third-order valence-corrected chi connectivity index (χ3v) is 3.83. The van der Waals surface area contributed by atoms with E-state index < -0.39 is 0 Å². The van der Waals surface area contributed by atoms with Crippen LogP contribution in [-0.2, 0) is 6.54 Å². The number of aromatic amines is 1. The predicted molar refractivity (Wildman–Crippen MR) is 82.4 cm³/mol. The van der Waals surface area contributed by atoms with Gasteiger partial charge in [-0.1, -0.05) is 12.1 Å². The molecular formula is C14H16N6S. The normalized spacial score (nSPS) is 10.9. The van der Waals surface area contributed by atoms with Gasteiger partial charge in [-0.3, -0.25) is 0 Å². The first-order valence-corrected chi connectivity index (χ1v) is 7.68. The lowest BCUT2D eigenvalue weighted by molar-refractivity contribution is 0.730. The average molecular weight is 300 g/mol. The van der Waals surface area contributed by atoms with E-state index in [1.165, 1.54) is 5.56 Å². The number of aromatic nitrogens is 5. The molecule has 2 aromatic heterocycles. The van der Waals surface area contributed by atoms with Crippen LogP contribution in [0.25, 0.3) is 5.69 Å². The van der Waals surface area contributed by atoms with E-state index in [1.807, 2.05) is 16.9 Å². The molecule has 7 heteroatoms. The van der Waals surface area contributed by atoms with E-state index in [1.54, 1.807) is 24.2 Å². The Bertz CT molecular complexity index is 650. The monoisotopic (exact) mass is 300 g/mol. The SMILES string of the molecule is c1cc(CNCCSc2cn[nH]n2)cc(-n2cccn2)c1. The predicted octanol–water partition coefficient (Wildman–Crippen LogP) is 1.87. The number of hydrogen-bond acceptors (Lipinski definition) is 5. The third-order valence-electron chi connectivity index (χ3n) is 2.93. The highest BCUT2D eigenvalue weighted by Crippen LogP contribution is 2.12. The van der Waals surface area contributed by atoms with Gasteiger partial charge < -0.3 is 5.32 Å². The fourth-order valence-electron chi connectivity index (χ4n) is 1.95. The summed E-state index contributed by atoms with van der Waals surface area (Å²) in [5, 5.41) is 19.0. The van der Waals surface area contributed by atoms with Crippen molar-refractivity contribution in [2.24, 2.45) is 0 Å². The van der Waals surface area contributed by atoms with Crippen molar-refractivity contribution in [1.29, 1.82) is 0 Å². The summed E-state index contributed by atoms with van der Waals surface area (Å²) in [5.74, 6) is 0.964. The molecule has 1 aromatic carbocycles. The standard InChI is InChI=1S/C14H16N6S/c1-3-12(9-13(4-1)20-7-2-5-17-20)10-15-6-8-21-14-11-16-19-18-14/h1-5,7,9,11,15H,6,8,10H2,(H,16,18,19). The molecule has 0 unspecified atom stereocenters. The Balaban J connectivity index is 1.46. The van der Waals surface area contributed by atoms with Crippen LogP contribution in [0.2, 0.25) is 0 Å². The van der Waals surface area contributed by atoms with Crippen LogP contribution in [0, 0.1) is 0 Å². The second kappa shape index (κ2) is 7.05. The minimum atomic E-state index is 0.842. The van der Waals surface area contributed by atoms with Crippen LogP contribution >= 0.6 is 11.8 Å². The largest absolute Gasteiger partial charge is 0.312 e. The second-order valence-corrected chi connectivity index (χ2v) is 5.57. The molecule has 0 bridgehead atoms. The first-order valence-electron chi connectivity index (χ1n) is 6.70. The van der Waals surface area contributed by atoms with E-state index in [0.29, 0.717) is 0 Å². The van der Waals surface area contributed by atoms with Crippen LogP contribution in [0.5, 0.6) is 0 Å². The lowest BCUT2D eigenvalue weighted by Gasteiger charge is -2.07. The first-order chi connectivity index (χ1) is 10.4. The van der Waals surface area contributed by atoms with E-state index in [9.17, 15) is 0 Å². The number of H-pyrrole nitrogens is 1. The molecular weight excluding hydrogens is 284 g/mol. The van der Waals surface area contributed by atoms with Crippen LogP contribution < -0.4 is 5.32 Å². The van der Waals surface area contributed by atoms with Crippen molar-refractivity contribution >= 4 is 11.8 Å². The molecule has 108 valence electrons. The van der Waals surface area contributed by atoms with Crippen LogP contribution in [0.3, 0.4) is 0 Å². The smallest absolute Gasteiger partial charge is 0.138 e. The average Bonchev–Trinajstić information content (AvgIpc) is 3.21. The Kier molecular flexibility index (Phi) is 4.65. The van der Waals surface area contributed by atoms with Gasteiger partial charge in [-0.2, -0.15) is 15.4 Å². The van der Waals surface area contributed by atoms with Crippen LogP contribution in [0.15, 0.2) is 53.9 Å². The minimum Gasteiger partial charge on any atom is -0.312 e. The summed E-state index contributed by atoms with van der Waals surface area (Å²) in [7, 11) is 0. The zero-order valence-corrected chi connectivity index (χ0v) is 12.3. The Morgan fingerprint density at radius 1 is 1.29 bits per heavy atom. The van der Waals surface area contributed by atoms with Gasteiger partial charge in [-0.15, -0.1) is 16.9 Å². The van der Waals surface area contributed by atoms with Crippen LogP contribution in [0.1, 0.15) is 5.56 Å². The van der Waals surface area contributed by atoms with E-state index >= 15 is 0 Å². The maximum atomic E-state index is 4.24. The minimum absolute atomic E-state index is 0.842. The van der Waals surface area contributed by atoms with Crippen molar-refractivity contribution in [1.82, 2.24) is 30.5 Å². The molecule has 2 heterocycles. The van der Waals surface area contributed by atoms with Gasteiger partial charge in [-0.25, -0.2) is 4.68 Å². The molecule has 0 atom stereocenters. The topological polar surface area (TPSA) is 71.4 Å². The summed E-state index contributed by atoms with van der Waals surface area (Å²) in [6, 6.07) is 10.3. The summed E-state index contributed by atoms with van der Waals surface area (Å²) < 4.78 is 1.87. The Morgan fingerprint density at radius 2 is 2.29 bits per heavy atom. The number of hydrogen-bond donors (Lipinski definition) is 2. The molecule has 6 nitrogen and oxygen atoms in total. The summed E-state index contributed by atoms with van der Waals surface area (Å²) in [6.07, 6.45) is 5.46. The molecule has 0 fully saturated rings. The number of nitrogens with zero attached hydrogens (tertiary/aromatic N) is 4. The quantitative estimate of drug-likeness (QED) is 0.515. The molecule has 21 heavy (non-hydrogen) atoms. The fraction of sp³-hybridized carbons (Fsp3) is 0.214. The molecule has 0 aliphatic rings. The maximum Gasteiger partial charge on any atom is 0.138 e. The highest BCUT2D eigenvalue weighted by atomic mass is 32.2. The van der Waals surface area contributed by atoms with Crippen molar-refractivity contribution < 1.29 is 0 Å². The molecule has 0 spiro atoms. The van der Waals surface area contributed by atoms with E-state index in [2.05, 4.69) is 50.1 Å². The number of nitrogens with one attached hydrogen (secondary N) is 2. The lowest BCUT2D eigenvalue weighted by atomic mass is 10.2. The van der Waals surface area contributed by atoms with Gasteiger partial charge >= 0.3 is 0 Å². The highest BCUT2D eigenvalue weighted by Gasteiger charge is 1.99. The summed E-state index contributed by atoms with van der Waals surface area (Å²) in [6.45, 7) is 1.76. The molecule has 0 amide bonds. The third kappa shape index (κ3) is 3.93. The Labute approximate surface area is 127 Å². The van der Waals surface area contributed by atoms with Gasteiger partial charge in [0, 0.05) is 31.2 Å². The number of rotatable bonds is 7. The van der Waals surface area contributed by atoms with Gasteiger partial charge in [0.15, 0.2) is 0 Å². The van der Waals surface area contributed by atoms with Gasteiger partial charge in [0.05, 0.1) is 11.9 Å². The number of benzene rings is 1. The lowest BCUT2D eigenvalue weighted by Crippen LogP contribution is -2.16. The van der Waals surface area contributed by atoms with E-state index in [0.717, 1.165) is 29.6 Å². The molecule has 0 saturated carbocycles. The molecule has 2 N–H and O–H groups in total. The highest BCUT2D eigenvalue weighted by molar-refractivity contribution is 7.99. The van der Waals surface area contributed by atoms with Gasteiger partial charge in [0.1, 0.15) is 5.03 Å². The van der Waals surface area contributed by atoms with Crippen molar-refractivity contribution in [3.05, 3.63) is 54.5 Å². The summed E-state index contributed by atoms with van der Waals surface area (Å²) >= 11 is 1.68. The molecule has 3 aromatic rings. The van der Waals surface area contributed by atoms with Gasteiger partial charge in [-0.05, 0) is 23.8 Å². The van der Waals surface area contributed by atoms with Crippen molar-refractivity contribution in [2.75, 3.05) is 12.3 Å². The Morgan fingerprint density at radius 3 is 3.10 bits per heavy atom. The molecule has 3 rings (SSSR count). The van der Waals surface area contributed by atoms with E-state index in [-0.39, 0.29) is 0 Å². The molecule has 0 radical (unpaired) electrons. The molecule has 0 aliphatic carbocycles. The van der Waals surface area contributed by atoms with Gasteiger partial charge in [0.25, 0.3) is 0 Å².